The van der Waals surface area contributed by atoms with Gasteiger partial charge < -0.3 is 10.1 Å². The lowest BCUT2D eigenvalue weighted by Gasteiger charge is -2.30. The Balaban J connectivity index is 2.81. The topological polar surface area (TPSA) is 52.0 Å². The molecule has 1 rings (SSSR count). The summed E-state index contributed by atoms with van der Waals surface area (Å²) < 4.78 is 7.93. The van der Waals surface area contributed by atoms with Crippen LogP contribution in [0.15, 0.2) is 6.33 Å². The lowest BCUT2D eigenvalue weighted by molar-refractivity contribution is 0.00296. The molecule has 0 aliphatic rings. The third kappa shape index (κ3) is 4.87. The summed E-state index contributed by atoms with van der Waals surface area (Å²) in [5.41, 5.74) is 0. The van der Waals surface area contributed by atoms with E-state index in [1.165, 1.54) is 0 Å². The fourth-order valence-corrected chi connectivity index (χ4v) is 2.51. The van der Waals surface area contributed by atoms with E-state index in [-0.39, 0.29) is 12.1 Å². The summed E-state index contributed by atoms with van der Waals surface area (Å²) in [4.78, 5) is 4.39. The molecule has 0 saturated heterocycles. The van der Waals surface area contributed by atoms with Crippen molar-refractivity contribution in [2.24, 2.45) is 5.92 Å². The molecule has 0 radical (unpaired) electrons. The molecule has 2 atom stereocenters. The van der Waals surface area contributed by atoms with Crippen LogP contribution in [0.25, 0.3) is 0 Å². The summed E-state index contributed by atoms with van der Waals surface area (Å²) in [6, 6.07) is 0.282. The highest BCUT2D eigenvalue weighted by Crippen LogP contribution is 2.15. The van der Waals surface area contributed by atoms with Crippen molar-refractivity contribution in [3.05, 3.63) is 12.2 Å². The molecule has 0 aromatic carbocycles. The van der Waals surface area contributed by atoms with Crippen molar-refractivity contribution in [2.45, 2.75) is 66.2 Å². The van der Waals surface area contributed by atoms with Crippen LogP contribution in [-0.2, 0) is 17.7 Å². The fraction of sp³-hybridized carbons (Fsp3) is 0.867. The largest absolute Gasteiger partial charge is 0.377 e. The monoisotopic (exact) mass is 282 g/mol. The minimum atomic E-state index is 0.202. The Hall–Kier alpha value is -0.940. The van der Waals surface area contributed by atoms with Crippen molar-refractivity contribution in [3.63, 3.8) is 0 Å². The molecule has 0 saturated carbocycles. The molecule has 1 heterocycles. The molecule has 0 bridgehead atoms. The zero-order chi connectivity index (χ0) is 15.0. The van der Waals surface area contributed by atoms with Crippen molar-refractivity contribution in [3.8, 4) is 0 Å². The van der Waals surface area contributed by atoms with Crippen molar-refractivity contribution in [1.82, 2.24) is 20.1 Å². The van der Waals surface area contributed by atoms with Gasteiger partial charge in [-0.3, -0.25) is 4.68 Å². The van der Waals surface area contributed by atoms with Gasteiger partial charge in [-0.2, -0.15) is 5.10 Å². The Bertz CT molecular complexity index is 365. The van der Waals surface area contributed by atoms with E-state index in [2.05, 4.69) is 50.0 Å². The summed E-state index contributed by atoms with van der Waals surface area (Å²) in [6.45, 7) is 13.4. The van der Waals surface area contributed by atoms with E-state index in [0.717, 1.165) is 38.4 Å². The lowest BCUT2D eigenvalue weighted by atomic mass is 9.96. The van der Waals surface area contributed by atoms with E-state index in [9.17, 15) is 0 Å². The summed E-state index contributed by atoms with van der Waals surface area (Å²) in [6.07, 6.45) is 3.82. The second-order valence-electron chi connectivity index (χ2n) is 5.42. The Morgan fingerprint density at radius 1 is 1.30 bits per heavy atom. The van der Waals surface area contributed by atoms with Gasteiger partial charge in [-0.15, -0.1) is 0 Å². The molecule has 2 unspecified atom stereocenters. The molecule has 0 amide bonds. The van der Waals surface area contributed by atoms with Crippen molar-refractivity contribution in [1.29, 1.82) is 0 Å². The minimum absolute atomic E-state index is 0.202. The van der Waals surface area contributed by atoms with E-state index in [4.69, 9.17) is 4.74 Å². The average Bonchev–Trinajstić information content (AvgIpc) is 2.87. The van der Waals surface area contributed by atoms with Crippen LogP contribution in [0.2, 0.25) is 0 Å². The number of hydrogen-bond donors (Lipinski definition) is 1. The maximum absolute atomic E-state index is 5.96. The van der Waals surface area contributed by atoms with Gasteiger partial charge in [-0.1, -0.05) is 20.8 Å². The number of aromatic nitrogens is 3. The van der Waals surface area contributed by atoms with Crippen molar-refractivity contribution in [2.75, 3.05) is 13.2 Å². The molecule has 0 spiro atoms. The van der Waals surface area contributed by atoms with Crippen LogP contribution in [0.4, 0.5) is 0 Å². The molecule has 0 fully saturated rings. The van der Waals surface area contributed by atoms with Crippen LogP contribution in [0, 0.1) is 5.92 Å². The molecule has 116 valence electrons. The lowest BCUT2D eigenvalue weighted by Crippen LogP contribution is -2.46. The predicted octanol–water partition coefficient (Wildman–Crippen LogP) is 2.27. The summed E-state index contributed by atoms with van der Waals surface area (Å²) in [7, 11) is 0. The smallest absolute Gasteiger partial charge is 0.138 e. The third-order valence-electron chi connectivity index (χ3n) is 3.47. The van der Waals surface area contributed by atoms with E-state index in [0.29, 0.717) is 5.92 Å². The van der Waals surface area contributed by atoms with Crippen LogP contribution in [-0.4, -0.2) is 40.1 Å². The van der Waals surface area contributed by atoms with Gasteiger partial charge in [0.05, 0.1) is 6.10 Å². The normalized spacial score (nSPS) is 14.7. The Morgan fingerprint density at radius 3 is 2.60 bits per heavy atom. The number of aryl methyl sites for hydroxylation is 1. The standard InChI is InChI=1S/C15H30N4O/c1-6-9-16-13(15(12(4)5)20-8-3)10-14-17-11-18-19(14)7-2/h11-13,15-16H,6-10H2,1-5H3. The Morgan fingerprint density at radius 2 is 2.05 bits per heavy atom. The number of nitrogens with zero attached hydrogens (tertiary/aromatic N) is 3. The van der Waals surface area contributed by atoms with Crippen LogP contribution in [0.1, 0.15) is 46.9 Å². The molecule has 20 heavy (non-hydrogen) atoms. The predicted molar refractivity (Wildman–Crippen MR) is 81.7 cm³/mol. The molecule has 5 heteroatoms. The molecular formula is C15H30N4O. The highest BCUT2D eigenvalue weighted by atomic mass is 16.5. The van der Waals surface area contributed by atoms with E-state index >= 15 is 0 Å². The second-order valence-corrected chi connectivity index (χ2v) is 5.42. The second kappa shape index (κ2) is 9.08. The third-order valence-corrected chi connectivity index (χ3v) is 3.47. The van der Waals surface area contributed by atoms with Gasteiger partial charge in [0.15, 0.2) is 0 Å². The first-order valence-corrected chi connectivity index (χ1v) is 7.85. The van der Waals surface area contributed by atoms with Gasteiger partial charge in [-0.25, -0.2) is 4.98 Å². The van der Waals surface area contributed by atoms with Crippen LogP contribution >= 0.6 is 0 Å². The molecule has 5 nitrogen and oxygen atoms in total. The first kappa shape index (κ1) is 17.1. The van der Waals surface area contributed by atoms with Crippen molar-refractivity contribution < 1.29 is 4.74 Å². The maximum Gasteiger partial charge on any atom is 0.138 e. The minimum Gasteiger partial charge on any atom is -0.377 e. The van der Waals surface area contributed by atoms with Crippen LogP contribution < -0.4 is 5.32 Å². The molecule has 0 aliphatic carbocycles. The maximum atomic E-state index is 5.96. The van der Waals surface area contributed by atoms with E-state index < -0.39 is 0 Å². The van der Waals surface area contributed by atoms with Gasteiger partial charge in [-0.05, 0) is 32.7 Å². The first-order valence-electron chi connectivity index (χ1n) is 7.85. The molecule has 0 aliphatic heterocycles. The molecule has 1 aromatic heterocycles. The van der Waals surface area contributed by atoms with Gasteiger partial charge >= 0.3 is 0 Å². The highest BCUT2D eigenvalue weighted by molar-refractivity contribution is 4.93. The number of nitrogens with one attached hydrogen (secondary N) is 1. The summed E-state index contributed by atoms with van der Waals surface area (Å²) >= 11 is 0. The van der Waals surface area contributed by atoms with Gasteiger partial charge in [0.1, 0.15) is 12.2 Å². The van der Waals surface area contributed by atoms with Gasteiger partial charge in [0.25, 0.3) is 0 Å². The number of ether oxygens (including phenoxy) is 1. The Labute approximate surface area is 123 Å². The van der Waals surface area contributed by atoms with E-state index in [1.54, 1.807) is 6.33 Å². The van der Waals surface area contributed by atoms with E-state index in [1.807, 2.05) is 4.68 Å². The van der Waals surface area contributed by atoms with Crippen LogP contribution in [0.5, 0.6) is 0 Å². The first-order chi connectivity index (χ1) is 9.63. The molecule has 1 aromatic rings. The Kier molecular flexibility index (Phi) is 7.77. The summed E-state index contributed by atoms with van der Waals surface area (Å²) in [5.74, 6) is 1.51. The average molecular weight is 282 g/mol. The SMILES string of the molecule is CCCNC(Cc1ncnn1CC)C(OCC)C(C)C. The zero-order valence-electron chi connectivity index (χ0n) is 13.6. The fourth-order valence-electron chi connectivity index (χ4n) is 2.51. The zero-order valence-corrected chi connectivity index (χ0v) is 13.6. The number of rotatable bonds is 10. The van der Waals surface area contributed by atoms with Crippen LogP contribution in [0.3, 0.4) is 0 Å². The van der Waals surface area contributed by atoms with Gasteiger partial charge in [0.2, 0.25) is 0 Å². The number of hydrogen-bond acceptors (Lipinski definition) is 4. The molecule has 1 N–H and O–H groups in total. The molecular weight excluding hydrogens is 252 g/mol. The van der Waals surface area contributed by atoms with Gasteiger partial charge in [0, 0.05) is 25.6 Å². The summed E-state index contributed by atoms with van der Waals surface area (Å²) in [5, 5.41) is 7.87. The van der Waals surface area contributed by atoms with Crippen molar-refractivity contribution >= 4 is 0 Å². The highest BCUT2D eigenvalue weighted by Gasteiger charge is 2.26. The quantitative estimate of drug-likeness (QED) is 0.715.